The zero-order chi connectivity index (χ0) is 17.7. The lowest BCUT2D eigenvalue weighted by Gasteiger charge is -2.23. The molecule has 3 aromatic rings. The molecule has 0 aliphatic heterocycles. The van der Waals surface area contributed by atoms with Crippen molar-refractivity contribution in [1.82, 2.24) is 14.8 Å². The van der Waals surface area contributed by atoms with Crippen molar-refractivity contribution in [2.45, 2.75) is 25.5 Å². The Morgan fingerprint density at radius 3 is 2.44 bits per heavy atom. The molecule has 1 atom stereocenters. The highest BCUT2D eigenvalue weighted by atomic mass is 16.3. The maximum Gasteiger partial charge on any atom is 0.231 e. The van der Waals surface area contributed by atoms with Gasteiger partial charge in [-0.15, -0.1) is 10.2 Å². The fraction of sp³-hybridized carbons (Fsp3) is 0.211. The molecule has 0 aliphatic rings. The summed E-state index contributed by atoms with van der Waals surface area (Å²) in [4.78, 5) is 12.4. The van der Waals surface area contributed by atoms with E-state index < -0.39 is 5.60 Å². The van der Waals surface area contributed by atoms with Crippen LogP contribution in [0, 0.1) is 0 Å². The maximum absolute atomic E-state index is 12.4. The third-order valence-corrected chi connectivity index (χ3v) is 3.96. The Labute approximate surface area is 146 Å². The highest BCUT2D eigenvalue weighted by Gasteiger charge is 2.27. The Morgan fingerprint density at radius 1 is 1.12 bits per heavy atom. The number of aliphatic hydroxyl groups is 1. The summed E-state index contributed by atoms with van der Waals surface area (Å²) in [6, 6.07) is 19.0. The van der Waals surface area contributed by atoms with Gasteiger partial charge in [0, 0.05) is 0 Å². The van der Waals surface area contributed by atoms with Crippen molar-refractivity contribution >= 4 is 11.9 Å². The van der Waals surface area contributed by atoms with Crippen LogP contribution in [-0.4, -0.2) is 25.8 Å². The minimum atomic E-state index is -1.25. The van der Waals surface area contributed by atoms with Crippen molar-refractivity contribution in [3.8, 4) is 0 Å². The lowest BCUT2D eigenvalue weighted by molar-refractivity contribution is -0.120. The summed E-state index contributed by atoms with van der Waals surface area (Å²) < 4.78 is 1.75. The van der Waals surface area contributed by atoms with Gasteiger partial charge in [0.25, 0.3) is 0 Å². The van der Waals surface area contributed by atoms with E-state index >= 15 is 0 Å². The van der Waals surface area contributed by atoms with Crippen LogP contribution < -0.4 is 5.32 Å². The van der Waals surface area contributed by atoms with Crippen molar-refractivity contribution in [3.63, 3.8) is 0 Å². The van der Waals surface area contributed by atoms with E-state index in [1.54, 1.807) is 30.0 Å². The number of anilines is 1. The molecule has 0 saturated carbocycles. The molecule has 6 heteroatoms. The van der Waals surface area contributed by atoms with Crippen LogP contribution in [-0.2, 0) is 16.9 Å². The summed E-state index contributed by atoms with van der Waals surface area (Å²) >= 11 is 0. The highest BCUT2D eigenvalue weighted by molar-refractivity contribution is 5.89. The zero-order valence-corrected chi connectivity index (χ0v) is 14.0. The van der Waals surface area contributed by atoms with Gasteiger partial charge in [-0.2, -0.15) is 0 Å². The van der Waals surface area contributed by atoms with E-state index in [1.807, 2.05) is 48.5 Å². The largest absolute Gasteiger partial charge is 0.385 e. The third-order valence-electron chi connectivity index (χ3n) is 3.96. The number of nitrogens with one attached hydrogen (secondary N) is 1. The molecule has 2 N–H and O–H groups in total. The summed E-state index contributed by atoms with van der Waals surface area (Å²) in [6.45, 7) is 2.18. The minimum Gasteiger partial charge on any atom is -0.385 e. The number of carbonyl (C=O) groups is 1. The molecule has 0 bridgehead atoms. The first-order valence-corrected chi connectivity index (χ1v) is 8.04. The number of amides is 1. The van der Waals surface area contributed by atoms with Gasteiger partial charge in [-0.25, -0.2) is 0 Å². The smallest absolute Gasteiger partial charge is 0.231 e. The maximum atomic E-state index is 12.4. The van der Waals surface area contributed by atoms with E-state index in [1.165, 1.54) is 0 Å². The Hall–Kier alpha value is -2.99. The first kappa shape index (κ1) is 16.9. The standard InChI is InChI=1S/C19H20N4O2/c1-19(25,16-10-6-3-7-11-16)12-17(24)21-18-22-20-14-23(18)13-15-8-4-2-5-9-15/h2-11,14,25H,12-13H2,1H3,(H,21,22,24). The topological polar surface area (TPSA) is 80.0 Å². The van der Waals surface area contributed by atoms with Crippen LogP contribution in [0.2, 0.25) is 0 Å². The molecule has 1 heterocycles. The van der Waals surface area contributed by atoms with Gasteiger partial charge in [-0.1, -0.05) is 60.7 Å². The van der Waals surface area contributed by atoms with E-state index in [0.29, 0.717) is 18.1 Å². The first-order valence-electron chi connectivity index (χ1n) is 8.04. The molecule has 0 fully saturated rings. The minimum absolute atomic E-state index is 0.0742. The normalized spacial score (nSPS) is 13.2. The van der Waals surface area contributed by atoms with E-state index in [-0.39, 0.29) is 12.3 Å². The second-order valence-electron chi connectivity index (χ2n) is 6.13. The van der Waals surface area contributed by atoms with Gasteiger partial charge in [0.1, 0.15) is 6.33 Å². The molecule has 0 saturated heterocycles. The fourth-order valence-electron chi connectivity index (χ4n) is 2.63. The predicted molar refractivity (Wildman–Crippen MR) is 94.8 cm³/mol. The zero-order valence-electron chi connectivity index (χ0n) is 14.0. The van der Waals surface area contributed by atoms with Crippen LogP contribution in [0.15, 0.2) is 67.0 Å². The van der Waals surface area contributed by atoms with Crippen molar-refractivity contribution in [2.75, 3.05) is 5.32 Å². The number of hydrogen-bond donors (Lipinski definition) is 2. The van der Waals surface area contributed by atoms with Crippen molar-refractivity contribution < 1.29 is 9.90 Å². The summed E-state index contributed by atoms with van der Waals surface area (Å²) in [5.74, 6) is 0.0360. The Morgan fingerprint density at radius 2 is 1.76 bits per heavy atom. The molecule has 6 nitrogen and oxygen atoms in total. The summed E-state index contributed by atoms with van der Waals surface area (Å²) in [5.41, 5.74) is 0.514. The number of aromatic nitrogens is 3. The van der Waals surface area contributed by atoms with Crippen molar-refractivity contribution in [1.29, 1.82) is 0 Å². The Kier molecular flexibility index (Phi) is 4.90. The van der Waals surface area contributed by atoms with E-state index in [2.05, 4.69) is 15.5 Å². The van der Waals surface area contributed by atoms with Crippen molar-refractivity contribution in [2.24, 2.45) is 0 Å². The van der Waals surface area contributed by atoms with Crippen LogP contribution in [0.1, 0.15) is 24.5 Å². The number of benzene rings is 2. The van der Waals surface area contributed by atoms with Gasteiger partial charge < -0.3 is 5.11 Å². The van der Waals surface area contributed by atoms with E-state index in [0.717, 1.165) is 5.56 Å². The van der Waals surface area contributed by atoms with E-state index in [9.17, 15) is 9.90 Å². The summed E-state index contributed by atoms with van der Waals surface area (Å²) in [5, 5.41) is 21.1. The molecular weight excluding hydrogens is 316 g/mol. The van der Waals surface area contributed by atoms with E-state index in [4.69, 9.17) is 0 Å². The molecule has 25 heavy (non-hydrogen) atoms. The predicted octanol–water partition coefficient (Wildman–Crippen LogP) is 2.56. The molecule has 0 spiro atoms. The Bertz CT molecular complexity index is 829. The van der Waals surface area contributed by atoms with Crippen LogP contribution in [0.25, 0.3) is 0 Å². The average Bonchev–Trinajstić information content (AvgIpc) is 3.03. The second-order valence-corrected chi connectivity index (χ2v) is 6.13. The fourth-order valence-corrected chi connectivity index (χ4v) is 2.63. The second kappa shape index (κ2) is 7.27. The molecule has 0 radical (unpaired) electrons. The van der Waals surface area contributed by atoms with Crippen molar-refractivity contribution in [3.05, 3.63) is 78.1 Å². The Balaban J connectivity index is 1.67. The van der Waals surface area contributed by atoms with Gasteiger partial charge in [-0.3, -0.25) is 14.7 Å². The van der Waals surface area contributed by atoms with Gasteiger partial charge in [0.15, 0.2) is 0 Å². The van der Waals surface area contributed by atoms with Gasteiger partial charge >= 0.3 is 0 Å². The SMILES string of the molecule is CC(O)(CC(=O)Nc1nncn1Cc1ccccc1)c1ccccc1. The monoisotopic (exact) mass is 336 g/mol. The average molecular weight is 336 g/mol. The highest BCUT2D eigenvalue weighted by Crippen LogP contribution is 2.24. The number of hydrogen-bond acceptors (Lipinski definition) is 4. The van der Waals surface area contributed by atoms with Crippen LogP contribution in [0.4, 0.5) is 5.95 Å². The van der Waals surface area contributed by atoms with Gasteiger partial charge in [0.2, 0.25) is 11.9 Å². The molecule has 1 unspecified atom stereocenters. The first-order chi connectivity index (χ1) is 12.0. The summed E-state index contributed by atoms with van der Waals surface area (Å²) in [6.07, 6.45) is 1.49. The molecule has 2 aromatic carbocycles. The summed E-state index contributed by atoms with van der Waals surface area (Å²) in [7, 11) is 0. The third kappa shape index (κ3) is 4.30. The number of nitrogens with zero attached hydrogens (tertiary/aromatic N) is 3. The van der Waals surface area contributed by atoms with Crippen LogP contribution in [0.5, 0.6) is 0 Å². The lowest BCUT2D eigenvalue weighted by atomic mass is 9.92. The quantitative estimate of drug-likeness (QED) is 0.725. The molecule has 3 rings (SSSR count). The van der Waals surface area contributed by atoms with Crippen LogP contribution in [0.3, 0.4) is 0 Å². The lowest BCUT2D eigenvalue weighted by Crippen LogP contribution is -2.29. The van der Waals surface area contributed by atoms with Gasteiger partial charge in [0.05, 0.1) is 18.6 Å². The van der Waals surface area contributed by atoms with Gasteiger partial charge in [-0.05, 0) is 18.1 Å². The molecule has 1 amide bonds. The number of carbonyl (C=O) groups excluding carboxylic acids is 1. The molecule has 0 aliphatic carbocycles. The van der Waals surface area contributed by atoms with Crippen LogP contribution >= 0.6 is 0 Å². The molecule has 128 valence electrons. The molecular formula is C19H20N4O2. The number of rotatable bonds is 6. The molecule has 1 aromatic heterocycles.